The number of hydrogen-bond acceptors (Lipinski definition) is 1. The molecule has 1 atom stereocenters. The first-order valence-corrected chi connectivity index (χ1v) is 20.1. The highest BCUT2D eigenvalue weighted by Crippen LogP contribution is 2.39. The van der Waals surface area contributed by atoms with Crippen LogP contribution in [0.15, 0.2) is 236 Å². The van der Waals surface area contributed by atoms with Crippen LogP contribution in [0.1, 0.15) is 35.4 Å². The fourth-order valence-electron chi connectivity index (χ4n) is 8.17. The molecule has 1 unspecified atom stereocenters. The van der Waals surface area contributed by atoms with Crippen molar-refractivity contribution < 1.29 is 0 Å². The highest BCUT2D eigenvalue weighted by molar-refractivity contribution is 5.82. The van der Waals surface area contributed by atoms with Crippen LogP contribution in [0.5, 0.6) is 0 Å². The first kappa shape index (κ1) is 35.7. The van der Waals surface area contributed by atoms with E-state index in [2.05, 4.69) is 235 Å². The lowest BCUT2D eigenvalue weighted by Gasteiger charge is -2.26. The minimum absolute atomic E-state index is 0.285. The third-order valence-electron chi connectivity index (χ3n) is 11.2. The number of hydrogen-bond donors (Lipinski definition) is 0. The minimum atomic E-state index is 0.285. The van der Waals surface area contributed by atoms with E-state index in [1.54, 1.807) is 0 Å². The summed E-state index contributed by atoms with van der Waals surface area (Å²) in [5.41, 5.74) is 17.5. The standard InChI is InChI=1S/C56H45N/c1-5-15-43(16-6-1)45-29-27-42(28-30-45)39-56(49-19-9-3-10-20-49)52-23-13-21-50(40-52)47-31-33-48(34-32-47)51-22-14-26-55(41-51)57(53-24-11-4-12-25-53)54-37-35-46(36-38-54)44-17-7-2-8-18-44/h1-12,14-20,22-38,40-41,56H,13,21,39H2. The van der Waals surface area contributed by atoms with Crippen molar-refractivity contribution >= 4 is 22.6 Å². The smallest absolute Gasteiger partial charge is 0.0467 e. The minimum Gasteiger partial charge on any atom is -0.310 e. The van der Waals surface area contributed by atoms with E-state index in [1.165, 1.54) is 61.2 Å². The number of allylic oxidation sites excluding steroid dienone is 4. The molecule has 9 rings (SSSR count). The molecule has 1 heteroatoms. The Bertz CT molecular complexity index is 2590. The summed E-state index contributed by atoms with van der Waals surface area (Å²) < 4.78 is 0. The van der Waals surface area contributed by atoms with E-state index in [9.17, 15) is 0 Å². The zero-order chi connectivity index (χ0) is 38.2. The van der Waals surface area contributed by atoms with Gasteiger partial charge in [0, 0.05) is 23.0 Å². The highest BCUT2D eigenvalue weighted by Gasteiger charge is 2.20. The van der Waals surface area contributed by atoms with Gasteiger partial charge in [-0.3, -0.25) is 0 Å². The Labute approximate surface area is 337 Å². The van der Waals surface area contributed by atoms with Gasteiger partial charge in [0.05, 0.1) is 0 Å². The summed E-state index contributed by atoms with van der Waals surface area (Å²) >= 11 is 0. The van der Waals surface area contributed by atoms with Crippen LogP contribution in [0, 0.1) is 0 Å². The van der Waals surface area contributed by atoms with Crippen molar-refractivity contribution in [3.8, 4) is 33.4 Å². The fraction of sp³-hybridized carbons (Fsp3) is 0.0714. The van der Waals surface area contributed by atoms with Gasteiger partial charge < -0.3 is 4.90 Å². The first-order valence-electron chi connectivity index (χ1n) is 20.1. The fourth-order valence-corrected chi connectivity index (χ4v) is 8.17. The lowest BCUT2D eigenvalue weighted by atomic mass is 9.81. The molecule has 0 amide bonds. The van der Waals surface area contributed by atoms with Crippen LogP contribution >= 0.6 is 0 Å². The molecule has 0 heterocycles. The van der Waals surface area contributed by atoms with Gasteiger partial charge in [0.1, 0.15) is 0 Å². The van der Waals surface area contributed by atoms with Crippen LogP contribution < -0.4 is 4.90 Å². The largest absolute Gasteiger partial charge is 0.310 e. The Balaban J connectivity index is 0.971. The second-order valence-electron chi connectivity index (χ2n) is 14.9. The summed E-state index contributed by atoms with van der Waals surface area (Å²) in [6, 6.07) is 79.0. The monoisotopic (exact) mass is 731 g/mol. The van der Waals surface area contributed by atoms with E-state index in [-0.39, 0.29) is 5.92 Å². The van der Waals surface area contributed by atoms with Crippen LogP contribution in [0.25, 0.3) is 39.0 Å². The maximum absolute atomic E-state index is 2.47. The molecule has 0 aliphatic heterocycles. The summed E-state index contributed by atoms with van der Waals surface area (Å²) in [6.45, 7) is 0. The molecule has 0 aromatic heterocycles. The quantitative estimate of drug-likeness (QED) is 0.128. The number of anilines is 3. The Morgan fingerprint density at radius 2 is 0.842 bits per heavy atom. The van der Waals surface area contributed by atoms with Crippen molar-refractivity contribution in [2.75, 3.05) is 4.90 Å². The molecule has 0 spiro atoms. The average molecular weight is 732 g/mol. The predicted molar refractivity (Wildman–Crippen MR) is 242 cm³/mol. The van der Waals surface area contributed by atoms with Gasteiger partial charge in [0.25, 0.3) is 0 Å². The van der Waals surface area contributed by atoms with Gasteiger partial charge in [-0.2, -0.15) is 0 Å². The molecule has 1 aliphatic rings. The number of nitrogens with zero attached hydrogens (tertiary/aromatic N) is 1. The summed E-state index contributed by atoms with van der Waals surface area (Å²) in [6.07, 6.45) is 7.98. The second kappa shape index (κ2) is 16.8. The summed E-state index contributed by atoms with van der Waals surface area (Å²) in [7, 11) is 0. The normalized spacial score (nSPS) is 13.0. The number of benzene rings is 8. The first-order chi connectivity index (χ1) is 28.2. The molecule has 1 nitrogen and oxygen atoms in total. The average Bonchev–Trinajstić information content (AvgIpc) is 3.30. The molecule has 0 saturated carbocycles. The molecule has 8 aromatic rings. The van der Waals surface area contributed by atoms with Crippen molar-refractivity contribution in [2.45, 2.75) is 25.2 Å². The molecular formula is C56H45N. The lowest BCUT2D eigenvalue weighted by molar-refractivity contribution is 0.790. The van der Waals surface area contributed by atoms with E-state index >= 15 is 0 Å². The predicted octanol–water partition coefficient (Wildman–Crippen LogP) is 15.3. The highest BCUT2D eigenvalue weighted by atomic mass is 15.1. The lowest BCUT2D eigenvalue weighted by Crippen LogP contribution is -2.09. The molecule has 8 aromatic carbocycles. The van der Waals surface area contributed by atoms with E-state index < -0.39 is 0 Å². The van der Waals surface area contributed by atoms with Crippen LogP contribution in [-0.4, -0.2) is 0 Å². The Kier molecular flexibility index (Phi) is 10.5. The number of rotatable bonds is 11. The van der Waals surface area contributed by atoms with Gasteiger partial charge in [-0.15, -0.1) is 0 Å². The Morgan fingerprint density at radius 1 is 0.386 bits per heavy atom. The van der Waals surface area contributed by atoms with Gasteiger partial charge in [-0.05, 0) is 117 Å². The van der Waals surface area contributed by atoms with Gasteiger partial charge in [0.2, 0.25) is 0 Å². The van der Waals surface area contributed by atoms with Crippen LogP contribution in [-0.2, 0) is 6.42 Å². The van der Waals surface area contributed by atoms with Crippen LogP contribution in [0.4, 0.5) is 17.1 Å². The van der Waals surface area contributed by atoms with Crippen molar-refractivity contribution in [1.82, 2.24) is 0 Å². The molecule has 0 fully saturated rings. The SMILES string of the molecule is C1=C(c2ccc(-c3cccc(N(c4ccccc4)c4ccc(-c5ccccc5)cc4)c3)cc2)CCC=C1C(Cc1ccc(-c2ccccc2)cc1)c1ccccc1. The molecular weight excluding hydrogens is 687 g/mol. The molecule has 274 valence electrons. The van der Waals surface area contributed by atoms with Crippen LogP contribution in [0.3, 0.4) is 0 Å². The Morgan fingerprint density at radius 3 is 1.47 bits per heavy atom. The molecule has 0 N–H and O–H groups in total. The molecule has 0 saturated heterocycles. The van der Waals surface area contributed by atoms with Gasteiger partial charge >= 0.3 is 0 Å². The third-order valence-corrected chi connectivity index (χ3v) is 11.2. The Hall–Kier alpha value is -6.96. The van der Waals surface area contributed by atoms with Gasteiger partial charge in [-0.1, -0.05) is 194 Å². The van der Waals surface area contributed by atoms with Crippen molar-refractivity contribution in [3.05, 3.63) is 253 Å². The molecule has 57 heavy (non-hydrogen) atoms. The maximum atomic E-state index is 2.47. The van der Waals surface area contributed by atoms with Gasteiger partial charge in [0.15, 0.2) is 0 Å². The molecule has 1 aliphatic carbocycles. The van der Waals surface area contributed by atoms with Crippen molar-refractivity contribution in [2.24, 2.45) is 0 Å². The van der Waals surface area contributed by atoms with E-state index in [0.717, 1.165) is 36.3 Å². The summed E-state index contributed by atoms with van der Waals surface area (Å²) in [4.78, 5) is 2.34. The van der Waals surface area contributed by atoms with Crippen LogP contribution in [0.2, 0.25) is 0 Å². The van der Waals surface area contributed by atoms with E-state index in [1.807, 2.05) is 0 Å². The number of para-hydroxylation sites is 1. The summed E-state index contributed by atoms with van der Waals surface area (Å²) in [5, 5.41) is 0. The van der Waals surface area contributed by atoms with Gasteiger partial charge in [-0.25, -0.2) is 0 Å². The zero-order valence-electron chi connectivity index (χ0n) is 32.1. The van der Waals surface area contributed by atoms with Crippen molar-refractivity contribution in [1.29, 1.82) is 0 Å². The van der Waals surface area contributed by atoms with E-state index in [4.69, 9.17) is 0 Å². The zero-order valence-corrected chi connectivity index (χ0v) is 32.1. The topological polar surface area (TPSA) is 3.24 Å². The molecule has 0 radical (unpaired) electrons. The second-order valence-corrected chi connectivity index (χ2v) is 14.9. The maximum Gasteiger partial charge on any atom is 0.0467 e. The third kappa shape index (κ3) is 8.20. The van der Waals surface area contributed by atoms with E-state index in [0.29, 0.717) is 0 Å². The van der Waals surface area contributed by atoms with Crippen molar-refractivity contribution in [3.63, 3.8) is 0 Å². The molecule has 0 bridgehead atoms. The summed E-state index contributed by atoms with van der Waals surface area (Å²) in [5.74, 6) is 0.285.